The first kappa shape index (κ1) is 22.8. The molecule has 2 aromatic rings. The number of imide groups is 1. The number of fused-ring (bicyclic) bond motifs is 1. The van der Waals surface area contributed by atoms with Gasteiger partial charge < -0.3 is 5.32 Å². The molecular formula is C26H36N4O2S. The number of likely N-dealkylation sites (tertiary alicyclic amines) is 1. The van der Waals surface area contributed by atoms with Gasteiger partial charge in [-0.1, -0.05) is 39.3 Å². The van der Waals surface area contributed by atoms with E-state index in [1.54, 1.807) is 11.3 Å². The number of hydrogen-bond donors (Lipinski definition) is 1. The molecule has 6 nitrogen and oxygen atoms in total. The molecule has 33 heavy (non-hydrogen) atoms. The van der Waals surface area contributed by atoms with Crippen molar-refractivity contribution in [2.45, 2.75) is 77.2 Å². The zero-order chi connectivity index (χ0) is 23.2. The van der Waals surface area contributed by atoms with Gasteiger partial charge in [0.2, 0.25) is 0 Å². The maximum absolute atomic E-state index is 13.5. The second kappa shape index (κ2) is 8.66. The minimum Gasteiger partial charge on any atom is -0.323 e. The summed E-state index contributed by atoms with van der Waals surface area (Å²) in [6.07, 6.45) is 6.83. The summed E-state index contributed by atoms with van der Waals surface area (Å²) in [5, 5.41) is 4.28. The molecule has 178 valence electrons. The molecular weight excluding hydrogens is 432 g/mol. The molecule has 1 saturated carbocycles. The maximum atomic E-state index is 13.5. The SMILES string of the molecule is CCC(C)(C)C1CCC2(CC1)NC(=O)N(CN1CCC[C@H](c3nc4ccccc4s3)C1)C2=O. The number of piperidine rings is 1. The molecule has 2 saturated heterocycles. The molecule has 0 bridgehead atoms. The van der Waals surface area contributed by atoms with Crippen LogP contribution in [0.1, 0.15) is 76.6 Å². The van der Waals surface area contributed by atoms with Gasteiger partial charge in [-0.2, -0.15) is 0 Å². The Morgan fingerprint density at radius 2 is 1.94 bits per heavy atom. The van der Waals surface area contributed by atoms with Crippen molar-refractivity contribution < 1.29 is 9.59 Å². The molecule has 3 heterocycles. The molecule has 5 rings (SSSR count). The molecule has 0 radical (unpaired) electrons. The number of urea groups is 1. The smallest absolute Gasteiger partial charge is 0.323 e. The van der Waals surface area contributed by atoms with Gasteiger partial charge in [-0.15, -0.1) is 11.3 Å². The Morgan fingerprint density at radius 1 is 1.18 bits per heavy atom. The Bertz CT molecular complexity index is 1010. The highest BCUT2D eigenvalue weighted by atomic mass is 32.1. The predicted molar refractivity (Wildman–Crippen MR) is 132 cm³/mol. The van der Waals surface area contributed by atoms with Gasteiger partial charge >= 0.3 is 6.03 Å². The summed E-state index contributed by atoms with van der Waals surface area (Å²) >= 11 is 1.77. The van der Waals surface area contributed by atoms with E-state index in [9.17, 15) is 9.59 Å². The van der Waals surface area contributed by atoms with E-state index in [4.69, 9.17) is 4.98 Å². The Balaban J connectivity index is 1.24. The number of amides is 3. The summed E-state index contributed by atoms with van der Waals surface area (Å²) in [7, 11) is 0. The summed E-state index contributed by atoms with van der Waals surface area (Å²) in [5.41, 5.74) is 0.670. The van der Waals surface area contributed by atoms with Crippen LogP contribution in [0.15, 0.2) is 24.3 Å². The van der Waals surface area contributed by atoms with Gasteiger partial charge in [-0.25, -0.2) is 14.7 Å². The number of nitrogens with one attached hydrogen (secondary N) is 1. The molecule has 3 aliphatic rings. The van der Waals surface area contributed by atoms with Crippen LogP contribution in [0.4, 0.5) is 4.79 Å². The molecule has 1 aromatic heterocycles. The zero-order valence-corrected chi connectivity index (χ0v) is 20.9. The minimum atomic E-state index is -0.681. The Morgan fingerprint density at radius 3 is 2.67 bits per heavy atom. The van der Waals surface area contributed by atoms with Gasteiger partial charge in [0.1, 0.15) is 5.54 Å². The van der Waals surface area contributed by atoms with Crippen molar-refractivity contribution in [1.82, 2.24) is 20.1 Å². The fourth-order valence-corrected chi connectivity index (χ4v) is 7.07. The molecule has 3 fully saturated rings. The third kappa shape index (κ3) is 4.18. The van der Waals surface area contributed by atoms with E-state index in [-0.39, 0.29) is 17.4 Å². The highest BCUT2D eigenvalue weighted by Gasteiger charge is 2.53. The van der Waals surface area contributed by atoms with Crippen molar-refractivity contribution in [2.24, 2.45) is 11.3 Å². The fourth-order valence-electron chi connectivity index (χ4n) is 5.97. The normalized spacial score (nSPS) is 29.2. The molecule has 1 aliphatic carbocycles. The van der Waals surface area contributed by atoms with Crippen LogP contribution < -0.4 is 5.32 Å². The van der Waals surface area contributed by atoms with E-state index in [2.05, 4.69) is 49.2 Å². The van der Waals surface area contributed by atoms with Crippen LogP contribution in [0.5, 0.6) is 0 Å². The van der Waals surface area contributed by atoms with Crippen molar-refractivity contribution in [1.29, 1.82) is 0 Å². The number of rotatable bonds is 5. The number of nitrogens with zero attached hydrogens (tertiary/aromatic N) is 3. The molecule has 7 heteroatoms. The number of thiazole rings is 1. The van der Waals surface area contributed by atoms with Crippen LogP contribution in [0, 0.1) is 11.3 Å². The summed E-state index contributed by atoms with van der Waals surface area (Å²) in [6.45, 7) is 9.05. The average molecular weight is 469 g/mol. The quantitative estimate of drug-likeness (QED) is 0.601. The number of carbonyl (C=O) groups excluding carboxylic acids is 2. The van der Waals surface area contributed by atoms with Gasteiger partial charge in [0.05, 0.1) is 21.9 Å². The molecule has 1 N–H and O–H groups in total. The zero-order valence-electron chi connectivity index (χ0n) is 20.1. The standard InChI is InChI=1S/C26H36N4O2S/c1-4-25(2,3)19-11-13-26(14-12-19)23(31)30(24(32)28-26)17-29-15-7-8-18(16-29)22-27-20-9-5-6-10-21(20)33-22/h5-6,9-10,18-19H,4,7-8,11-17H2,1-3H3,(H,28,32)/t18-,19?,26?/m0/s1. The third-order valence-electron chi connectivity index (χ3n) is 8.61. The van der Waals surface area contributed by atoms with Crippen LogP contribution >= 0.6 is 11.3 Å². The highest BCUT2D eigenvalue weighted by molar-refractivity contribution is 7.18. The van der Waals surface area contributed by atoms with Crippen molar-refractivity contribution in [2.75, 3.05) is 19.8 Å². The largest absolute Gasteiger partial charge is 0.326 e. The lowest BCUT2D eigenvalue weighted by Crippen LogP contribution is -2.51. The van der Waals surface area contributed by atoms with Crippen molar-refractivity contribution in [3.63, 3.8) is 0 Å². The van der Waals surface area contributed by atoms with E-state index >= 15 is 0 Å². The molecule has 1 spiro atoms. The number of benzene rings is 1. The second-order valence-electron chi connectivity index (χ2n) is 10.9. The maximum Gasteiger partial charge on any atom is 0.326 e. The molecule has 2 aliphatic heterocycles. The fraction of sp³-hybridized carbons (Fsp3) is 0.654. The Hall–Kier alpha value is -1.99. The number of hydrogen-bond acceptors (Lipinski definition) is 5. The molecule has 0 unspecified atom stereocenters. The van der Waals surface area contributed by atoms with Crippen LogP contribution in [-0.4, -0.2) is 52.0 Å². The molecule has 1 aromatic carbocycles. The van der Waals surface area contributed by atoms with Gasteiger partial charge in [0.25, 0.3) is 5.91 Å². The summed E-state index contributed by atoms with van der Waals surface area (Å²) < 4.78 is 1.22. The van der Waals surface area contributed by atoms with Crippen molar-refractivity contribution >= 4 is 33.5 Å². The lowest BCUT2D eigenvalue weighted by atomic mass is 9.65. The Labute approximate surface area is 200 Å². The van der Waals surface area contributed by atoms with Gasteiger partial charge in [0.15, 0.2) is 0 Å². The molecule has 1 atom stereocenters. The van der Waals surface area contributed by atoms with E-state index in [0.717, 1.165) is 63.6 Å². The minimum absolute atomic E-state index is 0.0117. The first-order chi connectivity index (χ1) is 15.8. The van der Waals surface area contributed by atoms with Crippen LogP contribution in [0.3, 0.4) is 0 Å². The van der Waals surface area contributed by atoms with Crippen molar-refractivity contribution in [3.05, 3.63) is 29.3 Å². The third-order valence-corrected chi connectivity index (χ3v) is 9.81. The first-order valence-corrected chi connectivity index (χ1v) is 13.3. The van der Waals surface area contributed by atoms with E-state index in [0.29, 0.717) is 18.5 Å². The summed E-state index contributed by atoms with van der Waals surface area (Å²) in [6, 6.07) is 8.07. The van der Waals surface area contributed by atoms with Crippen LogP contribution in [0.2, 0.25) is 0 Å². The monoisotopic (exact) mass is 468 g/mol. The van der Waals surface area contributed by atoms with Gasteiger partial charge in [-0.05, 0) is 68.5 Å². The highest BCUT2D eigenvalue weighted by Crippen LogP contribution is 2.45. The lowest BCUT2D eigenvalue weighted by Gasteiger charge is -2.42. The molecule has 3 amide bonds. The summed E-state index contributed by atoms with van der Waals surface area (Å²) in [5.74, 6) is 0.962. The number of para-hydroxylation sites is 1. The average Bonchev–Trinajstić information content (AvgIpc) is 3.35. The Kier molecular flexibility index (Phi) is 5.98. The van der Waals surface area contributed by atoms with E-state index < -0.39 is 5.54 Å². The number of carbonyl (C=O) groups is 2. The predicted octanol–water partition coefficient (Wildman–Crippen LogP) is 5.35. The van der Waals surface area contributed by atoms with Gasteiger partial charge in [0, 0.05) is 12.5 Å². The van der Waals surface area contributed by atoms with Crippen molar-refractivity contribution in [3.8, 4) is 0 Å². The van der Waals surface area contributed by atoms with Crippen LogP contribution in [-0.2, 0) is 4.79 Å². The second-order valence-corrected chi connectivity index (χ2v) is 12.0. The van der Waals surface area contributed by atoms with E-state index in [1.165, 1.54) is 14.6 Å². The lowest BCUT2D eigenvalue weighted by molar-refractivity contribution is -0.134. The topological polar surface area (TPSA) is 65.5 Å². The number of aromatic nitrogens is 1. The van der Waals surface area contributed by atoms with Crippen LogP contribution in [0.25, 0.3) is 10.2 Å². The summed E-state index contributed by atoms with van der Waals surface area (Å²) in [4.78, 5) is 35.0. The first-order valence-electron chi connectivity index (χ1n) is 12.5. The van der Waals surface area contributed by atoms with E-state index in [1.807, 2.05) is 6.07 Å². The van der Waals surface area contributed by atoms with Gasteiger partial charge in [-0.3, -0.25) is 9.69 Å².